The highest BCUT2D eigenvalue weighted by Gasteiger charge is 2.20. The fourth-order valence-electron chi connectivity index (χ4n) is 4.26. The van der Waals surface area contributed by atoms with Gasteiger partial charge in [0.2, 0.25) is 11.8 Å². The summed E-state index contributed by atoms with van der Waals surface area (Å²) in [5.74, 6) is -1.21. The predicted octanol–water partition coefficient (Wildman–Crippen LogP) is 4.53. The maximum atomic E-state index is 13.1. The fourth-order valence-corrected chi connectivity index (χ4v) is 4.26. The van der Waals surface area contributed by atoms with Crippen molar-refractivity contribution >= 4 is 40.9 Å². The Morgan fingerprint density at radius 3 is 2.33 bits per heavy atom. The number of methoxy groups -OCH3 is 1. The average molecular weight is 547 g/mol. The molecule has 0 aromatic heterocycles. The van der Waals surface area contributed by atoms with Crippen LogP contribution in [0.25, 0.3) is 0 Å². The van der Waals surface area contributed by atoms with E-state index in [1.165, 1.54) is 23.8 Å². The number of likely N-dealkylation sites (N-methyl/N-ethyl adjacent to an activating group) is 1. The summed E-state index contributed by atoms with van der Waals surface area (Å²) in [6.45, 7) is 3.25. The van der Waals surface area contributed by atoms with Crippen molar-refractivity contribution < 1.29 is 29.0 Å². The van der Waals surface area contributed by atoms with Crippen LogP contribution in [0.1, 0.15) is 36.1 Å². The molecule has 0 aliphatic rings. The maximum absolute atomic E-state index is 13.1. The molecule has 40 heavy (non-hydrogen) atoms. The van der Waals surface area contributed by atoms with Gasteiger partial charge in [-0.3, -0.25) is 19.3 Å². The number of rotatable bonds is 10. The van der Waals surface area contributed by atoms with Gasteiger partial charge in [0.05, 0.1) is 31.7 Å². The number of nitrogens with zero attached hydrogens (tertiary/aromatic N) is 2. The number of carboxylic acids is 1. The van der Waals surface area contributed by atoms with E-state index in [4.69, 9.17) is 4.74 Å². The topological polar surface area (TPSA) is 128 Å². The molecule has 10 nitrogen and oxygen atoms in total. The number of aliphatic carboxylic acids is 1. The summed E-state index contributed by atoms with van der Waals surface area (Å²) in [5, 5.41) is 14.7. The highest BCUT2D eigenvalue weighted by atomic mass is 16.5. The van der Waals surface area contributed by atoms with Crippen molar-refractivity contribution in [2.24, 2.45) is 0 Å². The van der Waals surface area contributed by atoms with Crippen LogP contribution in [-0.4, -0.2) is 50.1 Å². The second kappa shape index (κ2) is 13.3. The number of hydrogen-bond donors (Lipinski definition) is 3. The second-order valence-corrected chi connectivity index (χ2v) is 9.39. The average Bonchev–Trinajstić information content (AvgIpc) is 2.92. The van der Waals surface area contributed by atoms with Crippen LogP contribution in [0.15, 0.2) is 66.7 Å². The van der Waals surface area contributed by atoms with Crippen molar-refractivity contribution in [2.45, 2.75) is 32.7 Å². The Balaban J connectivity index is 1.73. The van der Waals surface area contributed by atoms with E-state index in [2.05, 4.69) is 10.6 Å². The molecule has 4 amide bonds. The van der Waals surface area contributed by atoms with Crippen molar-refractivity contribution in [1.82, 2.24) is 5.32 Å². The molecule has 3 rings (SSSR count). The molecule has 0 saturated heterocycles. The van der Waals surface area contributed by atoms with Crippen molar-refractivity contribution in [3.63, 3.8) is 0 Å². The summed E-state index contributed by atoms with van der Waals surface area (Å²) in [5.41, 5.74) is 4.01. The van der Waals surface area contributed by atoms with Gasteiger partial charge < -0.3 is 25.4 Å². The van der Waals surface area contributed by atoms with Crippen LogP contribution in [0, 0.1) is 6.92 Å². The zero-order valence-corrected chi connectivity index (χ0v) is 23.2. The van der Waals surface area contributed by atoms with E-state index >= 15 is 0 Å². The normalized spacial score (nSPS) is 11.2. The third kappa shape index (κ3) is 7.59. The molecule has 0 bridgehead atoms. The molecule has 1 atom stereocenters. The van der Waals surface area contributed by atoms with E-state index in [-0.39, 0.29) is 30.7 Å². The Kier molecular flexibility index (Phi) is 9.86. The summed E-state index contributed by atoms with van der Waals surface area (Å²) in [4.78, 5) is 51.9. The highest BCUT2D eigenvalue weighted by molar-refractivity contribution is 6.02. The van der Waals surface area contributed by atoms with Crippen LogP contribution >= 0.6 is 0 Å². The van der Waals surface area contributed by atoms with Gasteiger partial charge in [-0.1, -0.05) is 36.4 Å². The lowest BCUT2D eigenvalue weighted by Crippen LogP contribution is -2.31. The van der Waals surface area contributed by atoms with E-state index in [9.17, 15) is 24.3 Å². The van der Waals surface area contributed by atoms with Crippen LogP contribution in [0.4, 0.5) is 21.9 Å². The Labute approximate surface area is 233 Å². The van der Waals surface area contributed by atoms with Crippen LogP contribution < -0.4 is 25.2 Å². The molecule has 210 valence electrons. The molecular weight excluding hydrogens is 512 g/mol. The zero-order valence-electron chi connectivity index (χ0n) is 23.2. The third-order valence-electron chi connectivity index (χ3n) is 6.43. The highest BCUT2D eigenvalue weighted by Crippen LogP contribution is 2.28. The van der Waals surface area contributed by atoms with Gasteiger partial charge in [-0.15, -0.1) is 0 Å². The smallest absolute Gasteiger partial charge is 0.326 e. The summed E-state index contributed by atoms with van der Waals surface area (Å²) in [6.07, 6.45) is -0.233. The number of urea groups is 1. The standard InChI is InChI=1S/C30H34N4O6/c1-19-9-6-7-12-26(19)34(4)30(39)32-24-14-13-21(15-27(24)40-5)16-28(36)33(3)23-11-8-10-22(17-23)25(18-29(37)38)31-20(2)35/h6-15,17,25H,16,18H2,1-5H3,(H,31,35)(H,32,39)(H,37,38). The van der Waals surface area contributed by atoms with Gasteiger partial charge in [0, 0.05) is 32.4 Å². The molecule has 0 heterocycles. The number of carbonyl (C=O) groups excluding carboxylic acids is 3. The van der Waals surface area contributed by atoms with Gasteiger partial charge in [-0.2, -0.15) is 0 Å². The number of ether oxygens (including phenoxy) is 1. The minimum Gasteiger partial charge on any atom is -0.495 e. The fraction of sp³-hybridized carbons (Fsp3) is 0.267. The Bertz CT molecular complexity index is 1390. The van der Waals surface area contributed by atoms with Crippen molar-refractivity contribution in [1.29, 1.82) is 0 Å². The van der Waals surface area contributed by atoms with Gasteiger partial charge in [-0.25, -0.2) is 4.79 Å². The number of amides is 4. The number of para-hydroxylation sites is 1. The molecule has 0 aliphatic carbocycles. The Morgan fingerprint density at radius 2 is 1.68 bits per heavy atom. The number of aryl methyl sites for hydroxylation is 1. The van der Waals surface area contributed by atoms with E-state index < -0.39 is 12.0 Å². The molecule has 10 heteroatoms. The van der Waals surface area contributed by atoms with E-state index in [0.29, 0.717) is 28.3 Å². The summed E-state index contributed by atoms with van der Waals surface area (Å²) < 4.78 is 5.49. The number of nitrogens with one attached hydrogen (secondary N) is 2. The first kappa shape index (κ1) is 29.7. The van der Waals surface area contributed by atoms with E-state index in [1.807, 2.05) is 31.2 Å². The summed E-state index contributed by atoms with van der Waals surface area (Å²) in [6, 6.07) is 18.5. The maximum Gasteiger partial charge on any atom is 0.326 e. The first-order valence-electron chi connectivity index (χ1n) is 12.6. The molecule has 0 aliphatic heterocycles. The largest absolute Gasteiger partial charge is 0.495 e. The lowest BCUT2D eigenvalue weighted by Gasteiger charge is -2.22. The number of carbonyl (C=O) groups is 4. The lowest BCUT2D eigenvalue weighted by atomic mass is 10.0. The summed E-state index contributed by atoms with van der Waals surface area (Å²) >= 11 is 0. The van der Waals surface area contributed by atoms with Crippen LogP contribution in [0.5, 0.6) is 5.75 Å². The number of anilines is 3. The molecule has 3 N–H and O–H groups in total. The van der Waals surface area contributed by atoms with Gasteiger partial charge in [0.25, 0.3) is 0 Å². The first-order valence-corrected chi connectivity index (χ1v) is 12.6. The quantitative estimate of drug-likeness (QED) is 0.343. The van der Waals surface area contributed by atoms with Crippen molar-refractivity contribution in [3.8, 4) is 5.75 Å². The molecule has 0 fully saturated rings. The Hall–Kier alpha value is -4.86. The third-order valence-corrected chi connectivity index (χ3v) is 6.43. The first-order chi connectivity index (χ1) is 19.0. The number of benzene rings is 3. The molecule has 0 saturated carbocycles. The van der Waals surface area contributed by atoms with Gasteiger partial charge >= 0.3 is 12.0 Å². The van der Waals surface area contributed by atoms with Crippen LogP contribution in [-0.2, 0) is 20.8 Å². The van der Waals surface area contributed by atoms with Crippen LogP contribution in [0.2, 0.25) is 0 Å². The Morgan fingerprint density at radius 1 is 0.950 bits per heavy atom. The SMILES string of the molecule is COc1cc(CC(=O)N(C)c2cccc(C(CC(=O)O)NC(C)=O)c2)ccc1NC(=O)N(C)c1ccccc1C. The lowest BCUT2D eigenvalue weighted by molar-refractivity contribution is -0.137. The number of hydrogen-bond acceptors (Lipinski definition) is 5. The van der Waals surface area contributed by atoms with Crippen molar-refractivity contribution in [3.05, 3.63) is 83.4 Å². The predicted molar refractivity (Wildman–Crippen MR) is 154 cm³/mol. The molecule has 0 radical (unpaired) electrons. The van der Waals surface area contributed by atoms with Crippen molar-refractivity contribution in [2.75, 3.05) is 36.3 Å². The number of carboxylic acid groups (broad SMARTS) is 1. The molecule has 1 unspecified atom stereocenters. The zero-order chi connectivity index (χ0) is 29.4. The molecule has 3 aromatic rings. The molecule has 3 aromatic carbocycles. The van der Waals surface area contributed by atoms with Crippen LogP contribution in [0.3, 0.4) is 0 Å². The van der Waals surface area contributed by atoms with E-state index in [0.717, 1.165) is 11.3 Å². The van der Waals surface area contributed by atoms with Gasteiger partial charge in [0.1, 0.15) is 5.75 Å². The molecule has 0 spiro atoms. The monoisotopic (exact) mass is 546 g/mol. The minimum atomic E-state index is -1.05. The van der Waals surface area contributed by atoms with Gasteiger partial charge in [0.15, 0.2) is 0 Å². The van der Waals surface area contributed by atoms with Gasteiger partial charge in [-0.05, 0) is 53.9 Å². The van der Waals surface area contributed by atoms with E-state index in [1.54, 1.807) is 56.6 Å². The summed E-state index contributed by atoms with van der Waals surface area (Å²) in [7, 11) is 4.79. The minimum absolute atomic E-state index is 0.0542. The second-order valence-electron chi connectivity index (χ2n) is 9.39. The molecular formula is C30H34N4O6.